The number of ether oxygens (including phenoxy) is 1. The zero-order chi connectivity index (χ0) is 11.8. The van der Waals surface area contributed by atoms with E-state index in [0.29, 0.717) is 0 Å². The summed E-state index contributed by atoms with van der Waals surface area (Å²) >= 11 is 0. The first-order chi connectivity index (χ1) is 7.74. The lowest BCUT2D eigenvalue weighted by molar-refractivity contribution is -0.147. The highest BCUT2D eigenvalue weighted by Crippen LogP contribution is 2.04. The molecule has 1 N–H and O–H groups in total. The van der Waals surface area contributed by atoms with E-state index < -0.39 is 12.1 Å². The maximum Gasteiger partial charge on any atom is 0.340 e. The lowest BCUT2D eigenvalue weighted by Gasteiger charge is -2.04. The monoisotopic (exact) mass is 218 g/mol. The van der Waals surface area contributed by atoms with Gasteiger partial charge in [-0.1, -0.05) is 49.1 Å². The molecule has 0 saturated heterocycles. The Balaban J connectivity index is 2.42. The topological polar surface area (TPSA) is 46.5 Å². The zero-order valence-electron chi connectivity index (χ0n) is 8.87. The molecule has 1 aromatic rings. The minimum Gasteiger partial charge on any atom is -0.433 e. The van der Waals surface area contributed by atoms with Crippen molar-refractivity contribution >= 4 is 12.0 Å². The summed E-state index contributed by atoms with van der Waals surface area (Å²) in [5, 5.41) is 9.35. The molecule has 0 aromatic heterocycles. The Kier molecular flexibility index (Phi) is 5.02. The van der Waals surface area contributed by atoms with Gasteiger partial charge < -0.3 is 9.84 Å². The summed E-state index contributed by atoms with van der Waals surface area (Å²) in [4.78, 5) is 11.0. The van der Waals surface area contributed by atoms with Crippen molar-refractivity contribution < 1.29 is 14.6 Å². The Morgan fingerprint density at radius 1 is 1.44 bits per heavy atom. The molecule has 1 atom stereocenters. The molecule has 0 heterocycles. The molecule has 16 heavy (non-hydrogen) atoms. The maximum atomic E-state index is 11.0. The van der Waals surface area contributed by atoms with Crippen LogP contribution in [0, 0.1) is 0 Å². The average molecular weight is 218 g/mol. The van der Waals surface area contributed by atoms with Gasteiger partial charge in [-0.05, 0) is 5.56 Å². The second kappa shape index (κ2) is 6.58. The van der Waals surface area contributed by atoms with E-state index in [1.807, 2.05) is 36.4 Å². The predicted octanol–water partition coefficient (Wildman–Crippen LogP) is 2.14. The Hall–Kier alpha value is -1.87. The van der Waals surface area contributed by atoms with Gasteiger partial charge >= 0.3 is 5.97 Å². The Morgan fingerprint density at radius 3 is 2.75 bits per heavy atom. The molecule has 0 aliphatic heterocycles. The normalized spacial score (nSPS) is 12.3. The predicted molar refractivity (Wildman–Crippen MR) is 62.4 cm³/mol. The van der Waals surface area contributed by atoms with Gasteiger partial charge in [0.2, 0.25) is 0 Å². The van der Waals surface area contributed by atoms with Gasteiger partial charge in [0.05, 0.1) is 6.26 Å². The highest BCUT2D eigenvalue weighted by molar-refractivity contribution is 5.75. The van der Waals surface area contributed by atoms with Crippen molar-refractivity contribution in [2.45, 2.75) is 12.5 Å². The standard InChI is InChI=1S/C13H14O3/c1-2-16-13(15)12(14)10-6-9-11-7-4-3-5-8-11/h2-9,12,14H,1,10H2/b9-6+. The van der Waals surface area contributed by atoms with Gasteiger partial charge in [-0.2, -0.15) is 0 Å². The molecule has 1 aromatic carbocycles. The van der Waals surface area contributed by atoms with Crippen LogP contribution in [0.4, 0.5) is 0 Å². The van der Waals surface area contributed by atoms with Crippen LogP contribution >= 0.6 is 0 Å². The highest BCUT2D eigenvalue weighted by Gasteiger charge is 2.13. The number of carbonyl (C=O) groups excluding carboxylic acids is 1. The van der Waals surface area contributed by atoms with Crippen molar-refractivity contribution in [1.82, 2.24) is 0 Å². The van der Waals surface area contributed by atoms with Crippen LogP contribution in [-0.4, -0.2) is 17.2 Å². The van der Waals surface area contributed by atoms with E-state index in [1.54, 1.807) is 6.08 Å². The molecule has 3 nitrogen and oxygen atoms in total. The molecule has 0 radical (unpaired) electrons. The molecule has 1 rings (SSSR count). The van der Waals surface area contributed by atoms with Crippen LogP contribution in [0.2, 0.25) is 0 Å². The summed E-state index contributed by atoms with van der Waals surface area (Å²) in [7, 11) is 0. The fourth-order valence-electron chi connectivity index (χ4n) is 1.15. The largest absolute Gasteiger partial charge is 0.433 e. The van der Waals surface area contributed by atoms with Crippen LogP contribution in [0.25, 0.3) is 6.08 Å². The summed E-state index contributed by atoms with van der Waals surface area (Å²) in [5.74, 6) is -0.687. The molecule has 1 unspecified atom stereocenters. The maximum absolute atomic E-state index is 11.0. The summed E-state index contributed by atoms with van der Waals surface area (Å²) in [6.07, 6.45) is 3.65. The van der Waals surface area contributed by atoms with Gasteiger partial charge in [-0.3, -0.25) is 0 Å². The van der Waals surface area contributed by atoms with Gasteiger partial charge in [0, 0.05) is 6.42 Å². The van der Waals surface area contributed by atoms with Crippen LogP contribution < -0.4 is 0 Å². The number of esters is 1. The fourth-order valence-corrected chi connectivity index (χ4v) is 1.15. The van der Waals surface area contributed by atoms with Crippen molar-refractivity contribution in [2.24, 2.45) is 0 Å². The lowest BCUT2D eigenvalue weighted by Crippen LogP contribution is -2.20. The Labute approximate surface area is 94.7 Å². The van der Waals surface area contributed by atoms with E-state index in [0.717, 1.165) is 11.8 Å². The first kappa shape index (κ1) is 12.2. The van der Waals surface area contributed by atoms with Crippen LogP contribution in [0.15, 0.2) is 49.2 Å². The third-order valence-electron chi connectivity index (χ3n) is 1.94. The van der Waals surface area contributed by atoms with E-state index in [2.05, 4.69) is 11.3 Å². The molecule has 0 spiro atoms. The van der Waals surface area contributed by atoms with Crippen LogP contribution in [-0.2, 0) is 9.53 Å². The molecule has 0 saturated carbocycles. The molecule has 0 aliphatic carbocycles. The number of rotatable bonds is 5. The number of hydrogen-bond donors (Lipinski definition) is 1. The zero-order valence-corrected chi connectivity index (χ0v) is 8.87. The summed E-state index contributed by atoms with van der Waals surface area (Å²) < 4.78 is 4.45. The SMILES string of the molecule is C=COC(=O)C(O)C/C=C/c1ccccc1. The van der Waals surface area contributed by atoms with E-state index in [1.165, 1.54) is 0 Å². The van der Waals surface area contributed by atoms with Crippen molar-refractivity contribution in [1.29, 1.82) is 0 Å². The van der Waals surface area contributed by atoms with E-state index in [-0.39, 0.29) is 6.42 Å². The smallest absolute Gasteiger partial charge is 0.340 e. The molecule has 0 fully saturated rings. The second-order valence-corrected chi connectivity index (χ2v) is 3.17. The number of aliphatic hydroxyl groups is 1. The third kappa shape index (κ3) is 4.11. The fraction of sp³-hybridized carbons (Fsp3) is 0.154. The van der Waals surface area contributed by atoms with Crippen molar-refractivity contribution in [2.75, 3.05) is 0 Å². The summed E-state index contributed by atoms with van der Waals surface area (Å²) in [6.45, 7) is 3.24. The van der Waals surface area contributed by atoms with Crippen molar-refractivity contribution in [3.05, 3.63) is 54.8 Å². The van der Waals surface area contributed by atoms with Gasteiger partial charge in [0.25, 0.3) is 0 Å². The molecule has 3 heteroatoms. The van der Waals surface area contributed by atoms with Crippen LogP contribution in [0.1, 0.15) is 12.0 Å². The number of hydrogen-bond acceptors (Lipinski definition) is 3. The molecular formula is C13H14O3. The number of carbonyl (C=O) groups is 1. The van der Waals surface area contributed by atoms with Gasteiger partial charge in [-0.25, -0.2) is 4.79 Å². The quantitative estimate of drug-likeness (QED) is 0.608. The summed E-state index contributed by atoms with van der Waals surface area (Å²) in [6, 6.07) is 9.63. The Bertz CT molecular complexity index is 368. The van der Waals surface area contributed by atoms with Gasteiger partial charge in [0.15, 0.2) is 6.10 Å². The van der Waals surface area contributed by atoms with Crippen molar-refractivity contribution in [3.63, 3.8) is 0 Å². The van der Waals surface area contributed by atoms with E-state index in [9.17, 15) is 9.90 Å². The highest BCUT2D eigenvalue weighted by atomic mass is 16.5. The van der Waals surface area contributed by atoms with E-state index >= 15 is 0 Å². The van der Waals surface area contributed by atoms with Gasteiger partial charge in [-0.15, -0.1) is 0 Å². The molecule has 84 valence electrons. The first-order valence-corrected chi connectivity index (χ1v) is 4.95. The van der Waals surface area contributed by atoms with E-state index in [4.69, 9.17) is 0 Å². The molecular weight excluding hydrogens is 204 g/mol. The molecule has 0 amide bonds. The number of aliphatic hydroxyl groups excluding tert-OH is 1. The van der Waals surface area contributed by atoms with Crippen LogP contribution in [0.5, 0.6) is 0 Å². The summed E-state index contributed by atoms with van der Waals surface area (Å²) in [5.41, 5.74) is 1.02. The minimum atomic E-state index is -1.14. The molecule has 0 bridgehead atoms. The third-order valence-corrected chi connectivity index (χ3v) is 1.94. The minimum absolute atomic E-state index is 0.224. The average Bonchev–Trinajstić information content (AvgIpc) is 2.30. The van der Waals surface area contributed by atoms with Crippen LogP contribution in [0.3, 0.4) is 0 Å². The first-order valence-electron chi connectivity index (χ1n) is 4.95. The number of benzene rings is 1. The molecule has 0 aliphatic rings. The second-order valence-electron chi connectivity index (χ2n) is 3.17. The Morgan fingerprint density at radius 2 is 2.12 bits per heavy atom. The van der Waals surface area contributed by atoms with Gasteiger partial charge in [0.1, 0.15) is 0 Å². The lowest BCUT2D eigenvalue weighted by atomic mass is 10.1. The van der Waals surface area contributed by atoms with Crippen molar-refractivity contribution in [3.8, 4) is 0 Å².